The molecular weight excluding hydrogens is 352 g/mol. The average molecular weight is 374 g/mol. The summed E-state index contributed by atoms with van der Waals surface area (Å²) in [7, 11) is 1.80. The van der Waals surface area contributed by atoms with E-state index in [1.807, 2.05) is 60.8 Å². The summed E-state index contributed by atoms with van der Waals surface area (Å²) in [6, 6.07) is 17.5. The Morgan fingerprint density at radius 2 is 2.00 bits per heavy atom. The van der Waals surface area contributed by atoms with Crippen LogP contribution in [0.1, 0.15) is 27.9 Å². The summed E-state index contributed by atoms with van der Waals surface area (Å²) in [4.78, 5) is 28.4. The van der Waals surface area contributed by atoms with Crippen LogP contribution >= 0.6 is 0 Å². The van der Waals surface area contributed by atoms with Gasteiger partial charge < -0.3 is 9.80 Å². The highest BCUT2D eigenvalue weighted by Crippen LogP contribution is 2.22. The maximum Gasteiger partial charge on any atom is 0.254 e. The van der Waals surface area contributed by atoms with Crippen LogP contribution in [0, 0.1) is 0 Å². The van der Waals surface area contributed by atoms with Gasteiger partial charge in [-0.1, -0.05) is 30.3 Å². The molecule has 142 valence electrons. The Labute approximate surface area is 164 Å². The van der Waals surface area contributed by atoms with Gasteiger partial charge >= 0.3 is 0 Å². The first-order valence-corrected chi connectivity index (χ1v) is 9.32. The Kier molecular flexibility index (Phi) is 4.93. The van der Waals surface area contributed by atoms with Crippen LogP contribution in [-0.2, 0) is 17.9 Å². The monoisotopic (exact) mass is 374 g/mol. The molecule has 0 unspecified atom stereocenters. The number of rotatable bonds is 6. The Bertz CT molecular complexity index is 997. The number of aromatic nitrogens is 2. The Balaban J connectivity index is 1.33. The van der Waals surface area contributed by atoms with Gasteiger partial charge in [0.1, 0.15) is 0 Å². The summed E-state index contributed by atoms with van der Waals surface area (Å²) in [5, 5.41) is 4.24. The first kappa shape index (κ1) is 18.0. The van der Waals surface area contributed by atoms with Crippen molar-refractivity contribution in [3.05, 3.63) is 83.7 Å². The van der Waals surface area contributed by atoms with Gasteiger partial charge in [-0.05, 0) is 35.4 Å². The number of amides is 2. The fourth-order valence-corrected chi connectivity index (χ4v) is 3.50. The van der Waals surface area contributed by atoms with Crippen LogP contribution in [0.25, 0.3) is 5.69 Å². The second-order valence-corrected chi connectivity index (χ2v) is 7.00. The van der Waals surface area contributed by atoms with E-state index in [-0.39, 0.29) is 11.8 Å². The van der Waals surface area contributed by atoms with Crippen LogP contribution in [-0.4, -0.2) is 45.0 Å². The third kappa shape index (κ3) is 3.67. The van der Waals surface area contributed by atoms with Gasteiger partial charge in [-0.15, -0.1) is 0 Å². The Morgan fingerprint density at radius 1 is 1.14 bits per heavy atom. The Morgan fingerprint density at radius 3 is 2.79 bits per heavy atom. The lowest BCUT2D eigenvalue weighted by molar-refractivity contribution is -0.130. The maximum atomic E-state index is 12.6. The summed E-state index contributed by atoms with van der Waals surface area (Å²) >= 11 is 0. The number of hydrogen-bond donors (Lipinski definition) is 0. The van der Waals surface area contributed by atoms with Crippen molar-refractivity contribution < 1.29 is 9.59 Å². The lowest BCUT2D eigenvalue weighted by Gasteiger charge is -2.20. The molecule has 0 atom stereocenters. The molecule has 4 rings (SSSR count). The molecule has 0 radical (unpaired) electrons. The van der Waals surface area contributed by atoms with Crippen molar-refractivity contribution in [2.45, 2.75) is 19.5 Å². The summed E-state index contributed by atoms with van der Waals surface area (Å²) in [5.41, 5.74) is 3.78. The zero-order valence-electron chi connectivity index (χ0n) is 15.8. The summed E-state index contributed by atoms with van der Waals surface area (Å²) in [6.07, 6.45) is 3.94. The maximum absolute atomic E-state index is 12.6. The molecule has 0 spiro atoms. The van der Waals surface area contributed by atoms with E-state index in [2.05, 4.69) is 5.10 Å². The van der Waals surface area contributed by atoms with Crippen molar-refractivity contribution >= 4 is 11.8 Å². The van der Waals surface area contributed by atoms with E-state index in [4.69, 9.17) is 0 Å². The topological polar surface area (TPSA) is 58.4 Å². The van der Waals surface area contributed by atoms with Crippen LogP contribution in [0.15, 0.2) is 67.0 Å². The highest BCUT2D eigenvalue weighted by Gasteiger charge is 2.27. The lowest BCUT2D eigenvalue weighted by Crippen LogP contribution is -2.32. The second kappa shape index (κ2) is 7.68. The lowest BCUT2D eigenvalue weighted by atomic mass is 10.1. The van der Waals surface area contributed by atoms with E-state index >= 15 is 0 Å². The summed E-state index contributed by atoms with van der Waals surface area (Å²) in [5.74, 6) is 0.0335. The quantitative estimate of drug-likeness (QED) is 0.667. The standard InChI is InChI=1S/C22H22N4O2/c1-24(15-17-6-4-8-19(14-17)26-12-5-11-23-26)21(27)10-13-25-16-18-7-2-3-9-20(18)22(25)28/h2-9,11-12,14H,10,13,15-16H2,1H3. The third-order valence-electron chi connectivity index (χ3n) is 5.02. The van der Waals surface area contributed by atoms with E-state index in [0.29, 0.717) is 26.1 Å². The molecule has 0 saturated carbocycles. The molecule has 0 fully saturated rings. The molecule has 2 aromatic carbocycles. The van der Waals surface area contributed by atoms with E-state index in [0.717, 1.165) is 22.4 Å². The minimum atomic E-state index is 0.0120. The molecule has 0 N–H and O–H groups in total. The molecule has 0 saturated heterocycles. The van der Waals surface area contributed by atoms with Gasteiger partial charge in [0, 0.05) is 51.1 Å². The van der Waals surface area contributed by atoms with Crippen molar-refractivity contribution in [1.29, 1.82) is 0 Å². The molecule has 28 heavy (non-hydrogen) atoms. The molecule has 6 nitrogen and oxygen atoms in total. The number of benzene rings is 2. The fourth-order valence-electron chi connectivity index (χ4n) is 3.50. The molecule has 1 aliphatic heterocycles. The van der Waals surface area contributed by atoms with Crippen LogP contribution in [0.5, 0.6) is 0 Å². The first-order valence-electron chi connectivity index (χ1n) is 9.32. The van der Waals surface area contributed by atoms with E-state index in [1.54, 1.807) is 27.7 Å². The second-order valence-electron chi connectivity index (χ2n) is 7.00. The van der Waals surface area contributed by atoms with Crippen LogP contribution in [0.3, 0.4) is 0 Å². The van der Waals surface area contributed by atoms with Gasteiger partial charge in [0.2, 0.25) is 5.91 Å². The number of fused-ring (bicyclic) bond motifs is 1. The SMILES string of the molecule is CN(Cc1cccc(-n2cccn2)c1)C(=O)CCN1Cc2ccccc2C1=O. The van der Waals surface area contributed by atoms with E-state index in [1.165, 1.54) is 0 Å². The minimum Gasteiger partial charge on any atom is -0.341 e. The van der Waals surface area contributed by atoms with Gasteiger partial charge in [-0.2, -0.15) is 5.10 Å². The van der Waals surface area contributed by atoms with Crippen molar-refractivity contribution in [3.63, 3.8) is 0 Å². The van der Waals surface area contributed by atoms with Crippen LogP contribution < -0.4 is 0 Å². The zero-order chi connectivity index (χ0) is 19.5. The molecule has 6 heteroatoms. The van der Waals surface area contributed by atoms with E-state index in [9.17, 15) is 9.59 Å². The highest BCUT2D eigenvalue weighted by atomic mass is 16.2. The molecule has 1 aliphatic rings. The van der Waals surface area contributed by atoms with Gasteiger partial charge in [0.05, 0.1) is 5.69 Å². The highest BCUT2D eigenvalue weighted by molar-refractivity contribution is 5.98. The van der Waals surface area contributed by atoms with Crippen molar-refractivity contribution in [3.8, 4) is 5.69 Å². The fraction of sp³-hybridized carbons (Fsp3) is 0.227. The molecule has 0 bridgehead atoms. The molecule has 2 heterocycles. The molecule has 1 aromatic heterocycles. The van der Waals surface area contributed by atoms with Gasteiger partial charge in [-0.25, -0.2) is 4.68 Å². The van der Waals surface area contributed by atoms with Gasteiger partial charge in [0.15, 0.2) is 0 Å². The summed E-state index contributed by atoms with van der Waals surface area (Å²) < 4.78 is 1.79. The predicted molar refractivity (Wildman–Crippen MR) is 106 cm³/mol. The van der Waals surface area contributed by atoms with Gasteiger partial charge in [0.25, 0.3) is 5.91 Å². The van der Waals surface area contributed by atoms with Gasteiger partial charge in [-0.3, -0.25) is 9.59 Å². The number of carbonyl (C=O) groups excluding carboxylic acids is 2. The predicted octanol–water partition coefficient (Wildman–Crippen LogP) is 2.88. The van der Waals surface area contributed by atoms with Crippen LogP contribution in [0.2, 0.25) is 0 Å². The molecule has 3 aromatic rings. The normalized spacial score (nSPS) is 12.9. The zero-order valence-corrected chi connectivity index (χ0v) is 15.8. The van der Waals surface area contributed by atoms with E-state index < -0.39 is 0 Å². The smallest absolute Gasteiger partial charge is 0.254 e. The number of hydrogen-bond acceptors (Lipinski definition) is 3. The average Bonchev–Trinajstić information content (AvgIpc) is 3.35. The number of carbonyl (C=O) groups is 2. The minimum absolute atomic E-state index is 0.0120. The Hall–Kier alpha value is -3.41. The van der Waals surface area contributed by atoms with Crippen molar-refractivity contribution in [2.24, 2.45) is 0 Å². The van der Waals surface area contributed by atoms with Crippen molar-refractivity contribution in [1.82, 2.24) is 19.6 Å². The third-order valence-corrected chi connectivity index (χ3v) is 5.02. The largest absolute Gasteiger partial charge is 0.341 e. The first-order chi connectivity index (χ1) is 13.6. The number of nitrogens with zero attached hydrogens (tertiary/aromatic N) is 4. The van der Waals surface area contributed by atoms with Crippen molar-refractivity contribution in [2.75, 3.05) is 13.6 Å². The molecule has 0 aliphatic carbocycles. The van der Waals surface area contributed by atoms with Crippen LogP contribution in [0.4, 0.5) is 0 Å². The molecular formula is C22H22N4O2. The molecule has 2 amide bonds. The summed E-state index contributed by atoms with van der Waals surface area (Å²) in [6.45, 7) is 1.53.